The molecule has 0 spiro atoms. The Kier molecular flexibility index (Phi) is 4.62. The quantitative estimate of drug-likeness (QED) is 0.673. The first-order chi connectivity index (χ1) is 9.88. The Bertz CT molecular complexity index is 652. The molecular formula is C13H11Cl2N3O3. The van der Waals surface area contributed by atoms with E-state index < -0.39 is 4.92 Å². The van der Waals surface area contributed by atoms with Gasteiger partial charge >= 0.3 is 0 Å². The lowest BCUT2D eigenvalue weighted by molar-refractivity contribution is -0.384. The van der Waals surface area contributed by atoms with E-state index in [0.717, 1.165) is 0 Å². The number of benzene rings is 1. The maximum Gasteiger partial charge on any atom is 0.272 e. The zero-order valence-corrected chi connectivity index (χ0v) is 12.4. The number of non-ortho nitro benzene ring substituents is 1. The normalized spacial score (nSPS) is 12.0. The molecule has 0 radical (unpaired) electrons. The van der Waals surface area contributed by atoms with Crippen LogP contribution in [0.3, 0.4) is 0 Å². The second kappa shape index (κ2) is 6.26. The molecule has 1 heterocycles. The molecule has 1 aromatic heterocycles. The highest BCUT2D eigenvalue weighted by molar-refractivity contribution is 6.37. The SMILES string of the molecule is CC(N)c1ccc(Oc2c(Cl)cc([N+](=O)[O-])cc2Cl)cn1. The van der Waals surface area contributed by atoms with Crippen molar-refractivity contribution in [1.82, 2.24) is 4.98 Å². The number of pyridine rings is 1. The predicted octanol–water partition coefficient (Wildman–Crippen LogP) is 4.11. The largest absolute Gasteiger partial charge is 0.453 e. The minimum absolute atomic E-state index is 0.0467. The Morgan fingerprint density at radius 3 is 2.38 bits per heavy atom. The fraction of sp³-hybridized carbons (Fsp3) is 0.154. The summed E-state index contributed by atoms with van der Waals surface area (Å²) in [7, 11) is 0. The fourth-order valence-corrected chi connectivity index (χ4v) is 2.14. The molecule has 0 saturated carbocycles. The Balaban J connectivity index is 2.29. The van der Waals surface area contributed by atoms with E-state index in [1.165, 1.54) is 18.3 Å². The first-order valence-electron chi connectivity index (χ1n) is 5.91. The summed E-state index contributed by atoms with van der Waals surface area (Å²) in [5, 5.41) is 10.8. The van der Waals surface area contributed by atoms with E-state index in [2.05, 4.69) is 4.98 Å². The Morgan fingerprint density at radius 2 is 1.95 bits per heavy atom. The van der Waals surface area contributed by atoms with Crippen molar-refractivity contribution < 1.29 is 9.66 Å². The first kappa shape index (κ1) is 15.5. The monoisotopic (exact) mass is 327 g/mol. The number of ether oxygens (including phenoxy) is 1. The predicted molar refractivity (Wildman–Crippen MR) is 80.0 cm³/mol. The number of halogens is 2. The Hall–Kier alpha value is -1.89. The lowest BCUT2D eigenvalue weighted by Gasteiger charge is -2.10. The van der Waals surface area contributed by atoms with Gasteiger partial charge in [0.15, 0.2) is 5.75 Å². The molecule has 1 unspecified atom stereocenters. The van der Waals surface area contributed by atoms with Gasteiger partial charge in [-0.2, -0.15) is 0 Å². The van der Waals surface area contributed by atoms with E-state index in [9.17, 15) is 10.1 Å². The number of nitro benzene ring substituents is 1. The van der Waals surface area contributed by atoms with Crippen LogP contribution in [0.15, 0.2) is 30.5 Å². The highest BCUT2D eigenvalue weighted by Gasteiger charge is 2.16. The van der Waals surface area contributed by atoms with Gasteiger partial charge in [0, 0.05) is 18.2 Å². The van der Waals surface area contributed by atoms with E-state index in [1.54, 1.807) is 12.1 Å². The summed E-state index contributed by atoms with van der Waals surface area (Å²) >= 11 is 11.9. The van der Waals surface area contributed by atoms with Crippen molar-refractivity contribution in [2.75, 3.05) is 0 Å². The van der Waals surface area contributed by atoms with E-state index in [-0.39, 0.29) is 27.5 Å². The molecule has 0 saturated heterocycles. The maximum absolute atomic E-state index is 10.7. The van der Waals surface area contributed by atoms with E-state index in [4.69, 9.17) is 33.7 Å². The molecule has 0 aliphatic heterocycles. The summed E-state index contributed by atoms with van der Waals surface area (Å²) in [6, 6.07) is 5.54. The van der Waals surface area contributed by atoms with Crippen LogP contribution in [0.5, 0.6) is 11.5 Å². The Labute approximate surface area is 130 Å². The average molecular weight is 328 g/mol. The molecule has 0 aliphatic carbocycles. The van der Waals surface area contributed by atoms with Crippen LogP contribution in [0.2, 0.25) is 10.0 Å². The molecule has 21 heavy (non-hydrogen) atoms. The van der Waals surface area contributed by atoms with Crippen molar-refractivity contribution >= 4 is 28.9 Å². The van der Waals surface area contributed by atoms with Crippen LogP contribution < -0.4 is 10.5 Å². The fourth-order valence-electron chi connectivity index (χ4n) is 1.59. The standard InChI is InChI=1S/C13H11Cl2N3O3/c1-7(16)12-3-2-9(6-17-12)21-13-10(14)4-8(18(19)20)5-11(13)15/h2-7H,16H2,1H3. The lowest BCUT2D eigenvalue weighted by atomic mass is 10.2. The third kappa shape index (κ3) is 3.60. The molecule has 0 fully saturated rings. The topological polar surface area (TPSA) is 91.3 Å². The van der Waals surface area contributed by atoms with Gasteiger partial charge < -0.3 is 10.5 Å². The molecule has 8 heteroatoms. The number of rotatable bonds is 4. The Morgan fingerprint density at radius 1 is 1.33 bits per heavy atom. The van der Waals surface area contributed by atoms with Gasteiger partial charge in [0.1, 0.15) is 5.75 Å². The highest BCUT2D eigenvalue weighted by atomic mass is 35.5. The minimum atomic E-state index is -0.583. The number of hydrogen-bond donors (Lipinski definition) is 1. The summed E-state index contributed by atoms with van der Waals surface area (Å²) in [5.74, 6) is 0.538. The summed E-state index contributed by atoms with van der Waals surface area (Å²) in [5.41, 5.74) is 6.21. The second-order valence-electron chi connectivity index (χ2n) is 4.31. The minimum Gasteiger partial charge on any atom is -0.453 e. The molecule has 2 N–H and O–H groups in total. The van der Waals surface area contributed by atoms with Crippen LogP contribution in [-0.4, -0.2) is 9.91 Å². The van der Waals surface area contributed by atoms with Gasteiger partial charge in [-0.15, -0.1) is 0 Å². The van der Waals surface area contributed by atoms with Gasteiger partial charge in [-0.1, -0.05) is 23.2 Å². The third-order valence-corrected chi connectivity index (χ3v) is 3.20. The zero-order chi connectivity index (χ0) is 15.6. The van der Waals surface area contributed by atoms with Crippen molar-refractivity contribution in [1.29, 1.82) is 0 Å². The second-order valence-corrected chi connectivity index (χ2v) is 5.12. The number of aromatic nitrogens is 1. The zero-order valence-electron chi connectivity index (χ0n) is 10.9. The van der Waals surface area contributed by atoms with Crippen LogP contribution >= 0.6 is 23.2 Å². The van der Waals surface area contributed by atoms with Crippen molar-refractivity contribution in [3.63, 3.8) is 0 Å². The summed E-state index contributed by atoms with van der Waals surface area (Å²) in [4.78, 5) is 14.3. The molecule has 1 aromatic carbocycles. The molecule has 0 bridgehead atoms. The molecule has 6 nitrogen and oxygen atoms in total. The maximum atomic E-state index is 10.7. The smallest absolute Gasteiger partial charge is 0.272 e. The van der Waals surface area contributed by atoms with Crippen molar-refractivity contribution in [2.45, 2.75) is 13.0 Å². The van der Waals surface area contributed by atoms with Gasteiger partial charge in [0.05, 0.1) is 26.9 Å². The summed E-state index contributed by atoms with van der Waals surface area (Å²) < 4.78 is 5.52. The third-order valence-electron chi connectivity index (χ3n) is 2.64. The van der Waals surface area contributed by atoms with Gasteiger partial charge in [0.25, 0.3) is 5.69 Å². The van der Waals surface area contributed by atoms with Gasteiger partial charge in [-0.05, 0) is 19.1 Å². The first-order valence-corrected chi connectivity index (χ1v) is 6.67. The summed E-state index contributed by atoms with van der Waals surface area (Å²) in [6.45, 7) is 1.81. The van der Waals surface area contributed by atoms with Crippen molar-refractivity contribution in [3.8, 4) is 11.5 Å². The van der Waals surface area contributed by atoms with E-state index >= 15 is 0 Å². The number of nitrogens with two attached hydrogens (primary N) is 1. The molecule has 110 valence electrons. The molecule has 2 rings (SSSR count). The van der Waals surface area contributed by atoms with Crippen molar-refractivity contribution in [3.05, 3.63) is 56.3 Å². The molecule has 0 aliphatic rings. The van der Waals surface area contributed by atoms with Crippen molar-refractivity contribution in [2.24, 2.45) is 5.73 Å². The lowest BCUT2D eigenvalue weighted by Crippen LogP contribution is -2.06. The molecule has 0 amide bonds. The molecule has 1 atom stereocenters. The number of nitro groups is 1. The molecule has 2 aromatic rings. The van der Waals surface area contributed by atoms with Gasteiger partial charge in [0.2, 0.25) is 0 Å². The van der Waals surface area contributed by atoms with Crippen LogP contribution in [0.4, 0.5) is 5.69 Å². The van der Waals surface area contributed by atoms with Crippen LogP contribution in [0.25, 0.3) is 0 Å². The van der Waals surface area contributed by atoms with Crippen LogP contribution in [0, 0.1) is 10.1 Å². The van der Waals surface area contributed by atoms with Gasteiger partial charge in [-0.25, -0.2) is 0 Å². The highest BCUT2D eigenvalue weighted by Crippen LogP contribution is 2.39. The molecular weight excluding hydrogens is 317 g/mol. The van der Waals surface area contributed by atoms with E-state index in [0.29, 0.717) is 11.4 Å². The van der Waals surface area contributed by atoms with Crippen LogP contribution in [-0.2, 0) is 0 Å². The number of hydrogen-bond acceptors (Lipinski definition) is 5. The van der Waals surface area contributed by atoms with Crippen LogP contribution in [0.1, 0.15) is 18.7 Å². The average Bonchev–Trinajstić information content (AvgIpc) is 2.43. The van der Waals surface area contributed by atoms with E-state index in [1.807, 2.05) is 6.92 Å². The number of nitrogens with zero attached hydrogens (tertiary/aromatic N) is 2. The summed E-state index contributed by atoms with van der Waals surface area (Å²) in [6.07, 6.45) is 1.48. The van der Waals surface area contributed by atoms with Gasteiger partial charge in [-0.3, -0.25) is 15.1 Å².